The maximum Gasteiger partial charge on any atom is 0.0794 e. The molecule has 3 heteroatoms. The van der Waals surface area contributed by atoms with Gasteiger partial charge in [0.15, 0.2) is 0 Å². The zero-order valence-electron chi connectivity index (χ0n) is 8.84. The Morgan fingerprint density at radius 1 is 1.44 bits per heavy atom. The van der Waals surface area contributed by atoms with E-state index in [1.807, 2.05) is 17.8 Å². The van der Waals surface area contributed by atoms with Crippen molar-refractivity contribution >= 4 is 11.3 Å². The lowest BCUT2D eigenvalue weighted by molar-refractivity contribution is 0.134. The van der Waals surface area contributed by atoms with Crippen molar-refractivity contribution in [1.82, 2.24) is 4.98 Å². The summed E-state index contributed by atoms with van der Waals surface area (Å²) in [6.45, 7) is 0. The van der Waals surface area contributed by atoms with Crippen LogP contribution < -0.4 is 0 Å². The Morgan fingerprint density at radius 2 is 2.31 bits per heavy atom. The average molecular weight is 231 g/mol. The van der Waals surface area contributed by atoms with Gasteiger partial charge < -0.3 is 5.11 Å². The fourth-order valence-corrected chi connectivity index (χ4v) is 2.98. The third-order valence-corrected chi connectivity index (χ3v) is 4.05. The average Bonchev–Trinajstić information content (AvgIpc) is 2.72. The fraction of sp³-hybridized carbons (Fsp3) is 0.308. The third-order valence-electron chi connectivity index (χ3n) is 3.25. The molecule has 0 saturated carbocycles. The lowest BCUT2D eigenvalue weighted by atomic mass is 9.74. The number of benzene rings is 1. The Kier molecular flexibility index (Phi) is 2.50. The second-order valence-corrected chi connectivity index (χ2v) is 5.22. The largest absolute Gasteiger partial charge is 0.392 e. The van der Waals surface area contributed by atoms with Crippen LogP contribution in [0.3, 0.4) is 0 Å². The second-order valence-electron chi connectivity index (χ2n) is 4.25. The molecule has 16 heavy (non-hydrogen) atoms. The molecule has 0 spiro atoms. The second kappa shape index (κ2) is 4.00. The van der Waals surface area contributed by atoms with E-state index >= 15 is 0 Å². The van der Waals surface area contributed by atoms with Crippen LogP contribution in [0.5, 0.6) is 0 Å². The first-order chi connectivity index (χ1) is 7.84. The number of aromatic nitrogens is 1. The molecule has 1 heterocycles. The van der Waals surface area contributed by atoms with Crippen molar-refractivity contribution < 1.29 is 5.11 Å². The van der Waals surface area contributed by atoms with Gasteiger partial charge in [0.25, 0.3) is 0 Å². The lowest BCUT2D eigenvalue weighted by Gasteiger charge is -2.33. The number of aliphatic hydroxyl groups is 1. The number of aliphatic hydroxyl groups excluding tert-OH is 1. The number of rotatable bonds is 3. The highest BCUT2D eigenvalue weighted by atomic mass is 32.1. The molecule has 0 bridgehead atoms. The molecule has 2 nitrogen and oxygen atoms in total. The molecule has 0 aliphatic heterocycles. The van der Waals surface area contributed by atoms with Crippen molar-refractivity contribution in [2.45, 2.75) is 24.9 Å². The van der Waals surface area contributed by atoms with E-state index in [0.29, 0.717) is 5.92 Å². The van der Waals surface area contributed by atoms with E-state index < -0.39 is 0 Å². The summed E-state index contributed by atoms with van der Waals surface area (Å²) in [6, 6.07) is 8.37. The van der Waals surface area contributed by atoms with Crippen LogP contribution in [-0.4, -0.2) is 16.2 Å². The van der Waals surface area contributed by atoms with Gasteiger partial charge in [0.1, 0.15) is 0 Å². The molecule has 3 rings (SSSR count). The molecule has 1 N–H and O–H groups in total. The van der Waals surface area contributed by atoms with Gasteiger partial charge in [-0.2, -0.15) is 0 Å². The molecular weight excluding hydrogens is 218 g/mol. The Hall–Kier alpha value is -1.19. The van der Waals surface area contributed by atoms with Crippen LogP contribution in [0.2, 0.25) is 0 Å². The highest BCUT2D eigenvalue weighted by molar-refractivity contribution is 7.09. The minimum atomic E-state index is -0.268. The van der Waals surface area contributed by atoms with E-state index in [1.54, 1.807) is 11.3 Å². The van der Waals surface area contributed by atoms with Crippen molar-refractivity contribution in [2.24, 2.45) is 0 Å². The molecule has 2 aromatic rings. The Labute approximate surface area is 98.6 Å². The van der Waals surface area contributed by atoms with Crippen LogP contribution in [0, 0.1) is 0 Å². The zero-order valence-corrected chi connectivity index (χ0v) is 9.65. The van der Waals surface area contributed by atoms with Gasteiger partial charge in [0.05, 0.1) is 11.6 Å². The molecule has 0 amide bonds. The van der Waals surface area contributed by atoms with Gasteiger partial charge in [-0.3, -0.25) is 4.98 Å². The SMILES string of the molecule is OC(Cc1cncs1)C1Cc2ccccc21. The topological polar surface area (TPSA) is 33.1 Å². The van der Waals surface area contributed by atoms with Crippen LogP contribution >= 0.6 is 11.3 Å². The quantitative estimate of drug-likeness (QED) is 0.880. The summed E-state index contributed by atoms with van der Waals surface area (Å²) >= 11 is 1.61. The molecule has 0 saturated heterocycles. The van der Waals surface area contributed by atoms with E-state index in [4.69, 9.17) is 0 Å². The van der Waals surface area contributed by atoms with Crippen LogP contribution in [-0.2, 0) is 12.8 Å². The first-order valence-corrected chi connectivity index (χ1v) is 6.36. The molecule has 1 aliphatic carbocycles. The van der Waals surface area contributed by atoms with Crippen molar-refractivity contribution in [3.05, 3.63) is 52.0 Å². The van der Waals surface area contributed by atoms with Crippen molar-refractivity contribution in [1.29, 1.82) is 0 Å². The van der Waals surface area contributed by atoms with Gasteiger partial charge in [-0.25, -0.2) is 0 Å². The molecule has 1 aromatic heterocycles. The summed E-state index contributed by atoms with van der Waals surface area (Å²) in [6.07, 6.45) is 3.31. The van der Waals surface area contributed by atoms with Crippen molar-refractivity contribution in [3.8, 4) is 0 Å². The van der Waals surface area contributed by atoms with Gasteiger partial charge in [-0.05, 0) is 17.5 Å². The standard InChI is InChI=1S/C13H13NOS/c15-13(6-10-7-14-8-16-10)12-5-9-3-1-2-4-11(9)12/h1-4,7-8,12-13,15H,5-6H2. The molecule has 1 aliphatic rings. The number of thiazole rings is 1. The van der Waals surface area contributed by atoms with Crippen molar-refractivity contribution in [2.75, 3.05) is 0 Å². The van der Waals surface area contributed by atoms with Crippen LogP contribution in [0.4, 0.5) is 0 Å². The predicted molar refractivity (Wildman–Crippen MR) is 64.7 cm³/mol. The highest BCUT2D eigenvalue weighted by Crippen LogP contribution is 2.38. The van der Waals surface area contributed by atoms with Crippen LogP contribution in [0.25, 0.3) is 0 Å². The van der Waals surface area contributed by atoms with Crippen LogP contribution in [0.1, 0.15) is 21.9 Å². The lowest BCUT2D eigenvalue weighted by Crippen LogP contribution is -2.30. The van der Waals surface area contributed by atoms with E-state index in [9.17, 15) is 5.11 Å². The summed E-state index contributed by atoms with van der Waals surface area (Å²) in [5.74, 6) is 0.318. The zero-order chi connectivity index (χ0) is 11.0. The highest BCUT2D eigenvalue weighted by Gasteiger charge is 2.31. The van der Waals surface area contributed by atoms with Crippen molar-refractivity contribution in [3.63, 3.8) is 0 Å². The molecule has 82 valence electrons. The third kappa shape index (κ3) is 1.66. The van der Waals surface area contributed by atoms with Gasteiger partial charge in [-0.15, -0.1) is 11.3 Å². The van der Waals surface area contributed by atoms with Gasteiger partial charge >= 0.3 is 0 Å². The minimum Gasteiger partial charge on any atom is -0.392 e. The molecule has 2 atom stereocenters. The number of hydrogen-bond acceptors (Lipinski definition) is 3. The van der Waals surface area contributed by atoms with E-state index in [2.05, 4.69) is 23.2 Å². The summed E-state index contributed by atoms with van der Waals surface area (Å²) in [7, 11) is 0. The number of nitrogens with zero attached hydrogens (tertiary/aromatic N) is 1. The number of fused-ring (bicyclic) bond motifs is 1. The normalized spacial score (nSPS) is 19.9. The van der Waals surface area contributed by atoms with Crippen LogP contribution in [0.15, 0.2) is 36.0 Å². The van der Waals surface area contributed by atoms with Gasteiger partial charge in [-0.1, -0.05) is 24.3 Å². The fourth-order valence-electron chi connectivity index (χ4n) is 2.33. The predicted octanol–water partition coefficient (Wildman–Crippen LogP) is 2.39. The van der Waals surface area contributed by atoms with E-state index in [-0.39, 0.29) is 6.10 Å². The summed E-state index contributed by atoms with van der Waals surface area (Å²) in [5.41, 5.74) is 4.52. The monoisotopic (exact) mass is 231 g/mol. The first-order valence-electron chi connectivity index (χ1n) is 5.48. The Balaban J connectivity index is 1.72. The smallest absolute Gasteiger partial charge is 0.0794 e. The molecule has 1 aromatic carbocycles. The minimum absolute atomic E-state index is 0.268. The molecular formula is C13H13NOS. The van der Waals surface area contributed by atoms with E-state index in [0.717, 1.165) is 17.7 Å². The maximum absolute atomic E-state index is 10.2. The molecule has 0 radical (unpaired) electrons. The maximum atomic E-state index is 10.2. The number of hydrogen-bond donors (Lipinski definition) is 1. The summed E-state index contributed by atoms with van der Waals surface area (Å²) in [4.78, 5) is 5.19. The summed E-state index contributed by atoms with van der Waals surface area (Å²) in [5, 5.41) is 10.2. The first kappa shape index (κ1) is 10.00. The molecule has 0 fully saturated rings. The van der Waals surface area contributed by atoms with E-state index in [1.165, 1.54) is 11.1 Å². The Bertz CT molecular complexity index is 480. The molecule has 2 unspecified atom stereocenters. The van der Waals surface area contributed by atoms with Gasteiger partial charge in [0, 0.05) is 23.4 Å². The van der Waals surface area contributed by atoms with Gasteiger partial charge in [0.2, 0.25) is 0 Å². The Morgan fingerprint density at radius 3 is 3.06 bits per heavy atom. The summed E-state index contributed by atoms with van der Waals surface area (Å²) < 4.78 is 0.